The number of carboxylic acid groups (broad SMARTS) is 1. The molecule has 0 aromatic heterocycles. The van der Waals surface area contributed by atoms with Crippen molar-refractivity contribution in [2.24, 2.45) is 0 Å². The van der Waals surface area contributed by atoms with Crippen molar-refractivity contribution in [3.05, 3.63) is 29.8 Å². The number of hydrogen-bond acceptors (Lipinski definition) is 4. The molecule has 2 rings (SSSR count). The van der Waals surface area contributed by atoms with Gasteiger partial charge in [-0.3, -0.25) is 0 Å². The van der Waals surface area contributed by atoms with Crippen LogP contribution in [0.4, 0.5) is 4.79 Å². The Balaban J connectivity index is 1.70. The average molecular weight is 309 g/mol. The number of piperidine rings is 1. The van der Waals surface area contributed by atoms with Crippen LogP contribution in [0.25, 0.3) is 0 Å². The SMILES string of the molecule is COCCOc1ccc(COC2CCN(C(=O)O)CC2)cc1. The first-order valence-corrected chi connectivity index (χ1v) is 7.49. The van der Waals surface area contributed by atoms with Gasteiger partial charge in [-0.1, -0.05) is 12.1 Å². The van der Waals surface area contributed by atoms with Gasteiger partial charge < -0.3 is 24.2 Å². The second-order valence-corrected chi connectivity index (χ2v) is 5.27. The number of amides is 1. The number of carbonyl (C=O) groups is 1. The summed E-state index contributed by atoms with van der Waals surface area (Å²) in [7, 11) is 1.64. The highest BCUT2D eigenvalue weighted by atomic mass is 16.5. The van der Waals surface area contributed by atoms with Crippen LogP contribution in [0.2, 0.25) is 0 Å². The maximum atomic E-state index is 10.8. The van der Waals surface area contributed by atoms with Crippen LogP contribution in [0.15, 0.2) is 24.3 Å². The molecule has 1 N–H and O–H groups in total. The first-order chi connectivity index (χ1) is 10.7. The zero-order valence-electron chi connectivity index (χ0n) is 12.9. The second kappa shape index (κ2) is 8.60. The third kappa shape index (κ3) is 5.20. The predicted molar refractivity (Wildman–Crippen MR) is 81.2 cm³/mol. The van der Waals surface area contributed by atoms with Crippen molar-refractivity contribution in [3.8, 4) is 5.75 Å². The average Bonchev–Trinajstić information content (AvgIpc) is 2.55. The van der Waals surface area contributed by atoms with Crippen molar-refractivity contribution >= 4 is 6.09 Å². The number of likely N-dealkylation sites (tertiary alicyclic amines) is 1. The minimum absolute atomic E-state index is 0.133. The summed E-state index contributed by atoms with van der Waals surface area (Å²) in [6, 6.07) is 7.80. The Labute approximate surface area is 130 Å². The second-order valence-electron chi connectivity index (χ2n) is 5.27. The predicted octanol–water partition coefficient (Wildman–Crippen LogP) is 2.37. The minimum Gasteiger partial charge on any atom is -0.491 e. The van der Waals surface area contributed by atoms with Crippen LogP contribution < -0.4 is 4.74 Å². The van der Waals surface area contributed by atoms with Gasteiger partial charge in [-0.25, -0.2) is 4.79 Å². The Morgan fingerprint density at radius 3 is 2.50 bits per heavy atom. The van der Waals surface area contributed by atoms with Crippen LogP contribution in [0, 0.1) is 0 Å². The molecule has 0 unspecified atom stereocenters. The van der Waals surface area contributed by atoms with Crippen LogP contribution in [0.3, 0.4) is 0 Å². The Bertz CT molecular complexity index is 454. The van der Waals surface area contributed by atoms with Crippen molar-refractivity contribution < 1.29 is 24.1 Å². The molecular weight excluding hydrogens is 286 g/mol. The Kier molecular flexibility index (Phi) is 6.48. The fourth-order valence-corrected chi connectivity index (χ4v) is 2.35. The molecular formula is C16H23NO5. The molecule has 1 fully saturated rings. The lowest BCUT2D eigenvalue weighted by molar-refractivity contribution is 0.000356. The summed E-state index contributed by atoms with van der Waals surface area (Å²) in [6.07, 6.45) is 0.797. The number of benzene rings is 1. The summed E-state index contributed by atoms with van der Waals surface area (Å²) in [5.41, 5.74) is 1.08. The molecule has 0 atom stereocenters. The molecule has 6 nitrogen and oxygen atoms in total. The molecule has 1 aliphatic rings. The summed E-state index contributed by atoms with van der Waals surface area (Å²) in [5.74, 6) is 0.815. The number of ether oxygens (including phenoxy) is 3. The van der Waals surface area contributed by atoms with Crippen LogP contribution in [-0.2, 0) is 16.1 Å². The Hall–Kier alpha value is -1.79. The molecule has 1 aliphatic heterocycles. The van der Waals surface area contributed by atoms with Gasteiger partial charge in [0.1, 0.15) is 12.4 Å². The number of rotatable bonds is 7. The van der Waals surface area contributed by atoms with E-state index in [4.69, 9.17) is 19.3 Å². The van der Waals surface area contributed by atoms with Crippen molar-refractivity contribution in [2.75, 3.05) is 33.4 Å². The number of methoxy groups -OCH3 is 1. The van der Waals surface area contributed by atoms with Gasteiger partial charge in [0, 0.05) is 20.2 Å². The lowest BCUT2D eigenvalue weighted by Crippen LogP contribution is -2.40. The number of nitrogens with zero attached hydrogens (tertiary/aromatic N) is 1. The molecule has 1 aromatic rings. The van der Waals surface area contributed by atoms with Crippen molar-refractivity contribution in [3.63, 3.8) is 0 Å². The van der Waals surface area contributed by atoms with E-state index in [2.05, 4.69) is 0 Å². The van der Waals surface area contributed by atoms with E-state index in [1.165, 1.54) is 4.90 Å². The summed E-state index contributed by atoms with van der Waals surface area (Å²) in [4.78, 5) is 12.3. The van der Waals surface area contributed by atoms with Gasteiger partial charge in [0.05, 0.1) is 19.3 Å². The highest BCUT2D eigenvalue weighted by molar-refractivity contribution is 5.64. The van der Waals surface area contributed by atoms with Gasteiger partial charge >= 0.3 is 6.09 Å². The highest BCUT2D eigenvalue weighted by Gasteiger charge is 2.22. The van der Waals surface area contributed by atoms with Crippen LogP contribution in [-0.4, -0.2) is 55.6 Å². The van der Waals surface area contributed by atoms with Crippen molar-refractivity contribution in [2.45, 2.75) is 25.6 Å². The summed E-state index contributed by atoms with van der Waals surface area (Å²) in [6.45, 7) is 2.74. The molecule has 1 aromatic carbocycles. The molecule has 0 radical (unpaired) electrons. The van der Waals surface area contributed by atoms with Gasteiger partial charge in [-0.2, -0.15) is 0 Å². The smallest absolute Gasteiger partial charge is 0.407 e. The summed E-state index contributed by atoms with van der Waals surface area (Å²) >= 11 is 0. The maximum absolute atomic E-state index is 10.8. The van der Waals surface area contributed by atoms with Gasteiger partial charge in [-0.15, -0.1) is 0 Å². The van der Waals surface area contributed by atoms with E-state index in [0.717, 1.165) is 24.2 Å². The highest BCUT2D eigenvalue weighted by Crippen LogP contribution is 2.17. The van der Waals surface area contributed by atoms with E-state index in [1.807, 2.05) is 24.3 Å². The monoisotopic (exact) mass is 309 g/mol. The van der Waals surface area contributed by atoms with Crippen molar-refractivity contribution in [1.29, 1.82) is 0 Å². The van der Waals surface area contributed by atoms with E-state index < -0.39 is 6.09 Å². The maximum Gasteiger partial charge on any atom is 0.407 e. The molecule has 0 aliphatic carbocycles. The lowest BCUT2D eigenvalue weighted by atomic mass is 10.1. The standard InChI is InChI=1S/C16H23NO5/c1-20-10-11-21-14-4-2-13(3-5-14)12-22-15-6-8-17(9-7-15)16(18)19/h2-5,15H,6-12H2,1H3,(H,18,19). The fourth-order valence-electron chi connectivity index (χ4n) is 2.35. The molecule has 1 amide bonds. The summed E-state index contributed by atoms with van der Waals surface area (Å²) < 4.78 is 16.3. The van der Waals surface area contributed by atoms with E-state index >= 15 is 0 Å². The molecule has 0 bridgehead atoms. The fraction of sp³-hybridized carbons (Fsp3) is 0.562. The van der Waals surface area contributed by atoms with E-state index in [1.54, 1.807) is 7.11 Å². The molecule has 0 saturated carbocycles. The minimum atomic E-state index is -0.845. The zero-order valence-corrected chi connectivity index (χ0v) is 12.9. The van der Waals surface area contributed by atoms with Crippen LogP contribution in [0.1, 0.15) is 18.4 Å². The van der Waals surface area contributed by atoms with E-state index in [9.17, 15) is 4.79 Å². The van der Waals surface area contributed by atoms with Crippen LogP contribution in [0.5, 0.6) is 5.75 Å². The largest absolute Gasteiger partial charge is 0.491 e. The topological polar surface area (TPSA) is 68.2 Å². The van der Waals surface area contributed by atoms with Gasteiger partial charge in [-0.05, 0) is 30.5 Å². The van der Waals surface area contributed by atoms with E-state index in [0.29, 0.717) is 32.9 Å². The van der Waals surface area contributed by atoms with Crippen molar-refractivity contribution in [1.82, 2.24) is 4.90 Å². The normalized spacial score (nSPS) is 15.8. The Morgan fingerprint density at radius 2 is 1.91 bits per heavy atom. The van der Waals surface area contributed by atoms with Gasteiger partial charge in [0.2, 0.25) is 0 Å². The quantitative estimate of drug-likeness (QED) is 0.783. The molecule has 6 heteroatoms. The van der Waals surface area contributed by atoms with Gasteiger partial charge in [0.15, 0.2) is 0 Å². The van der Waals surface area contributed by atoms with E-state index in [-0.39, 0.29) is 6.10 Å². The molecule has 122 valence electrons. The molecule has 22 heavy (non-hydrogen) atoms. The first kappa shape index (κ1) is 16.6. The number of hydrogen-bond donors (Lipinski definition) is 1. The lowest BCUT2D eigenvalue weighted by Gasteiger charge is -2.29. The molecule has 1 saturated heterocycles. The van der Waals surface area contributed by atoms with Crippen LogP contribution >= 0.6 is 0 Å². The molecule has 1 heterocycles. The third-order valence-electron chi connectivity index (χ3n) is 3.68. The Morgan fingerprint density at radius 1 is 1.23 bits per heavy atom. The zero-order chi connectivity index (χ0) is 15.8. The first-order valence-electron chi connectivity index (χ1n) is 7.49. The molecule has 0 spiro atoms. The third-order valence-corrected chi connectivity index (χ3v) is 3.68. The summed E-state index contributed by atoms with van der Waals surface area (Å²) in [5, 5.41) is 8.90. The van der Waals surface area contributed by atoms with Gasteiger partial charge in [0.25, 0.3) is 0 Å².